The molecular formula is C13H15ClN4. The van der Waals surface area contributed by atoms with E-state index in [-0.39, 0.29) is 0 Å². The summed E-state index contributed by atoms with van der Waals surface area (Å²) < 4.78 is 0. The van der Waals surface area contributed by atoms with Crippen LogP contribution >= 0.6 is 11.6 Å². The summed E-state index contributed by atoms with van der Waals surface area (Å²) in [5.74, 6) is 1.36. The van der Waals surface area contributed by atoms with Crippen molar-refractivity contribution in [2.24, 2.45) is 0 Å². The van der Waals surface area contributed by atoms with Gasteiger partial charge in [-0.1, -0.05) is 17.7 Å². The summed E-state index contributed by atoms with van der Waals surface area (Å²) in [6.07, 6.45) is 1.77. The van der Waals surface area contributed by atoms with Crippen molar-refractivity contribution in [3.63, 3.8) is 0 Å². The first-order valence-electron chi connectivity index (χ1n) is 5.64. The molecule has 0 aliphatic carbocycles. The van der Waals surface area contributed by atoms with Crippen LogP contribution in [0.4, 0.5) is 17.5 Å². The summed E-state index contributed by atoms with van der Waals surface area (Å²) in [5, 5.41) is 6.89. The Balaban J connectivity index is 2.30. The quantitative estimate of drug-likeness (QED) is 0.888. The van der Waals surface area contributed by atoms with Gasteiger partial charge in [0.05, 0.1) is 0 Å². The Hall–Kier alpha value is -1.81. The zero-order chi connectivity index (χ0) is 13.1. The lowest BCUT2D eigenvalue weighted by Crippen LogP contribution is -2.02. The average molecular weight is 263 g/mol. The second kappa shape index (κ2) is 5.23. The summed E-state index contributed by atoms with van der Waals surface area (Å²) in [6, 6.07) is 5.83. The van der Waals surface area contributed by atoms with Crippen molar-refractivity contribution < 1.29 is 0 Å². The van der Waals surface area contributed by atoms with Crippen molar-refractivity contribution >= 4 is 29.1 Å². The van der Waals surface area contributed by atoms with Gasteiger partial charge in [0, 0.05) is 29.5 Å². The van der Waals surface area contributed by atoms with Crippen LogP contribution in [0.1, 0.15) is 11.1 Å². The molecule has 1 heterocycles. The summed E-state index contributed by atoms with van der Waals surface area (Å²) in [5.41, 5.74) is 2.94. The molecule has 0 saturated heterocycles. The number of nitrogens with zero attached hydrogens (tertiary/aromatic N) is 2. The highest BCUT2D eigenvalue weighted by Gasteiger charge is 2.04. The van der Waals surface area contributed by atoms with E-state index in [0.29, 0.717) is 5.95 Å². The molecule has 0 aliphatic rings. The van der Waals surface area contributed by atoms with Crippen molar-refractivity contribution in [3.8, 4) is 0 Å². The van der Waals surface area contributed by atoms with Gasteiger partial charge in [-0.25, -0.2) is 4.98 Å². The maximum atomic E-state index is 6.09. The molecular weight excluding hydrogens is 248 g/mol. The molecule has 0 radical (unpaired) electrons. The molecule has 0 saturated carbocycles. The van der Waals surface area contributed by atoms with E-state index >= 15 is 0 Å². The third kappa shape index (κ3) is 2.71. The molecule has 4 nitrogen and oxygen atoms in total. The number of hydrogen-bond acceptors (Lipinski definition) is 4. The Kier molecular flexibility index (Phi) is 3.67. The van der Waals surface area contributed by atoms with E-state index in [0.717, 1.165) is 27.7 Å². The third-order valence-corrected chi connectivity index (χ3v) is 3.04. The summed E-state index contributed by atoms with van der Waals surface area (Å²) >= 11 is 6.09. The molecule has 0 aliphatic heterocycles. The van der Waals surface area contributed by atoms with Crippen LogP contribution in [0.3, 0.4) is 0 Å². The first-order chi connectivity index (χ1) is 8.60. The van der Waals surface area contributed by atoms with E-state index in [1.807, 2.05) is 32.0 Å². The summed E-state index contributed by atoms with van der Waals surface area (Å²) in [6.45, 7) is 3.93. The van der Waals surface area contributed by atoms with Crippen LogP contribution < -0.4 is 10.6 Å². The van der Waals surface area contributed by atoms with Gasteiger partial charge in [-0.2, -0.15) is 4.98 Å². The van der Waals surface area contributed by atoms with E-state index in [2.05, 4.69) is 20.6 Å². The summed E-state index contributed by atoms with van der Waals surface area (Å²) in [4.78, 5) is 8.50. The Bertz CT molecular complexity index is 569. The van der Waals surface area contributed by atoms with Gasteiger partial charge in [-0.05, 0) is 31.5 Å². The van der Waals surface area contributed by atoms with E-state index < -0.39 is 0 Å². The van der Waals surface area contributed by atoms with E-state index in [1.54, 1.807) is 13.2 Å². The topological polar surface area (TPSA) is 49.8 Å². The minimum Gasteiger partial charge on any atom is -0.357 e. The van der Waals surface area contributed by atoms with Crippen molar-refractivity contribution in [2.75, 3.05) is 17.7 Å². The molecule has 0 unspecified atom stereocenters. The predicted molar refractivity (Wildman–Crippen MR) is 75.8 cm³/mol. The van der Waals surface area contributed by atoms with Crippen LogP contribution in [0.5, 0.6) is 0 Å². The van der Waals surface area contributed by atoms with Gasteiger partial charge in [0.1, 0.15) is 5.82 Å². The number of hydrogen-bond donors (Lipinski definition) is 2. The van der Waals surface area contributed by atoms with Gasteiger partial charge in [0.25, 0.3) is 0 Å². The number of halogens is 1. The van der Waals surface area contributed by atoms with Crippen LogP contribution in [-0.4, -0.2) is 17.0 Å². The van der Waals surface area contributed by atoms with Crippen LogP contribution in [-0.2, 0) is 0 Å². The molecule has 2 N–H and O–H groups in total. The fraction of sp³-hybridized carbons (Fsp3) is 0.231. The Morgan fingerprint density at radius 2 is 1.94 bits per heavy atom. The molecule has 0 bridgehead atoms. The SMILES string of the molecule is CNc1ncc(C)c(Nc2ccc(C)c(Cl)c2)n1. The number of rotatable bonds is 3. The Morgan fingerprint density at radius 3 is 2.61 bits per heavy atom. The highest BCUT2D eigenvalue weighted by atomic mass is 35.5. The van der Waals surface area contributed by atoms with Gasteiger partial charge >= 0.3 is 0 Å². The van der Waals surface area contributed by atoms with Gasteiger partial charge < -0.3 is 10.6 Å². The molecule has 2 rings (SSSR count). The van der Waals surface area contributed by atoms with Gasteiger partial charge in [-0.3, -0.25) is 0 Å². The second-order valence-corrected chi connectivity index (χ2v) is 4.47. The number of anilines is 3. The molecule has 18 heavy (non-hydrogen) atoms. The molecule has 94 valence electrons. The second-order valence-electron chi connectivity index (χ2n) is 4.06. The van der Waals surface area contributed by atoms with Gasteiger partial charge in [0.15, 0.2) is 0 Å². The lowest BCUT2D eigenvalue weighted by molar-refractivity contribution is 1.12. The van der Waals surface area contributed by atoms with E-state index in [9.17, 15) is 0 Å². The standard InChI is InChI=1S/C13H15ClN4/c1-8-4-5-10(6-11(8)14)17-12-9(2)7-16-13(15-3)18-12/h4-7H,1-3H3,(H2,15,16,17,18). The van der Waals surface area contributed by atoms with Gasteiger partial charge in [-0.15, -0.1) is 0 Å². The first-order valence-corrected chi connectivity index (χ1v) is 6.02. The van der Waals surface area contributed by atoms with Crippen LogP contribution in [0.25, 0.3) is 0 Å². The first kappa shape index (κ1) is 12.6. The number of aryl methyl sites for hydroxylation is 2. The zero-order valence-electron chi connectivity index (χ0n) is 10.6. The monoisotopic (exact) mass is 262 g/mol. The molecule has 0 spiro atoms. The molecule has 5 heteroatoms. The molecule has 0 atom stereocenters. The maximum absolute atomic E-state index is 6.09. The minimum atomic E-state index is 0.585. The van der Waals surface area contributed by atoms with Crippen LogP contribution in [0.2, 0.25) is 5.02 Å². The molecule has 0 amide bonds. The zero-order valence-corrected chi connectivity index (χ0v) is 11.3. The van der Waals surface area contributed by atoms with Gasteiger partial charge in [0.2, 0.25) is 5.95 Å². The molecule has 0 fully saturated rings. The molecule has 2 aromatic rings. The van der Waals surface area contributed by atoms with Crippen molar-refractivity contribution in [3.05, 3.63) is 40.5 Å². The number of nitrogens with one attached hydrogen (secondary N) is 2. The minimum absolute atomic E-state index is 0.585. The fourth-order valence-corrected chi connectivity index (χ4v) is 1.68. The Morgan fingerprint density at radius 1 is 1.17 bits per heavy atom. The van der Waals surface area contributed by atoms with E-state index in [4.69, 9.17) is 11.6 Å². The Labute approximate surface area is 111 Å². The molecule has 1 aromatic heterocycles. The lowest BCUT2D eigenvalue weighted by atomic mass is 10.2. The van der Waals surface area contributed by atoms with Crippen LogP contribution in [0, 0.1) is 13.8 Å². The largest absolute Gasteiger partial charge is 0.357 e. The highest BCUT2D eigenvalue weighted by Crippen LogP contribution is 2.24. The fourth-order valence-electron chi connectivity index (χ4n) is 1.50. The van der Waals surface area contributed by atoms with Crippen molar-refractivity contribution in [1.29, 1.82) is 0 Å². The smallest absolute Gasteiger partial charge is 0.224 e. The predicted octanol–water partition coefficient (Wildman–Crippen LogP) is 3.53. The van der Waals surface area contributed by atoms with Crippen molar-refractivity contribution in [2.45, 2.75) is 13.8 Å². The molecule has 1 aromatic carbocycles. The van der Waals surface area contributed by atoms with Crippen molar-refractivity contribution in [1.82, 2.24) is 9.97 Å². The normalized spacial score (nSPS) is 10.2. The maximum Gasteiger partial charge on any atom is 0.224 e. The lowest BCUT2D eigenvalue weighted by Gasteiger charge is -2.10. The average Bonchev–Trinajstić information content (AvgIpc) is 2.36. The number of benzene rings is 1. The summed E-state index contributed by atoms with van der Waals surface area (Å²) in [7, 11) is 1.79. The van der Waals surface area contributed by atoms with E-state index in [1.165, 1.54) is 0 Å². The number of aromatic nitrogens is 2. The van der Waals surface area contributed by atoms with Crippen LogP contribution in [0.15, 0.2) is 24.4 Å². The third-order valence-electron chi connectivity index (χ3n) is 2.63. The highest BCUT2D eigenvalue weighted by molar-refractivity contribution is 6.31.